The number of nitrogens with one attached hydrogen (secondary N) is 1. The summed E-state index contributed by atoms with van der Waals surface area (Å²) in [6.45, 7) is -0.236. The lowest BCUT2D eigenvalue weighted by Gasteiger charge is -2.08. The normalized spacial score (nSPS) is 19.6. The lowest BCUT2D eigenvalue weighted by atomic mass is 10.1. The summed E-state index contributed by atoms with van der Waals surface area (Å²) in [7, 11) is -2.97. The summed E-state index contributed by atoms with van der Waals surface area (Å²) in [5, 5.41) is 11.3. The molecule has 1 unspecified atom stereocenters. The second-order valence-corrected chi connectivity index (χ2v) is 7.14. The molecule has 0 aliphatic carbocycles. The van der Waals surface area contributed by atoms with Gasteiger partial charge < -0.3 is 10.4 Å². The lowest BCUT2D eigenvalue weighted by molar-refractivity contribution is -0.116. The van der Waals surface area contributed by atoms with Crippen LogP contribution in [0.4, 0.5) is 5.82 Å². The van der Waals surface area contributed by atoms with Gasteiger partial charge in [0.2, 0.25) is 5.91 Å². The molecule has 1 aliphatic heterocycles. The van der Waals surface area contributed by atoms with Crippen LogP contribution in [-0.2, 0) is 14.6 Å². The quantitative estimate of drug-likeness (QED) is 0.777. The number of aliphatic hydroxyl groups is 1. The number of aliphatic hydroxyl groups excluding tert-OH is 1. The van der Waals surface area contributed by atoms with Crippen LogP contribution in [-0.4, -0.2) is 42.5 Å². The van der Waals surface area contributed by atoms with Crippen LogP contribution >= 0.6 is 0 Å². The van der Waals surface area contributed by atoms with Crippen molar-refractivity contribution in [2.75, 3.05) is 23.4 Å². The number of carbonyl (C=O) groups excluding carboxylic acids is 1. The number of sulfone groups is 1. The molecule has 2 rings (SSSR count). The van der Waals surface area contributed by atoms with Crippen LogP contribution in [0.25, 0.3) is 0 Å². The fraction of sp³-hybridized carbons (Fsp3) is 0.429. The Bertz CT molecular complexity index is 688. The molecule has 2 N–H and O–H groups in total. The van der Waals surface area contributed by atoms with Crippen LogP contribution < -0.4 is 5.32 Å². The summed E-state index contributed by atoms with van der Waals surface area (Å²) in [6, 6.07) is 3.27. The van der Waals surface area contributed by atoms with Gasteiger partial charge in [-0.1, -0.05) is 11.8 Å². The van der Waals surface area contributed by atoms with Crippen molar-refractivity contribution in [1.82, 2.24) is 4.98 Å². The molecule has 1 atom stereocenters. The Morgan fingerprint density at radius 3 is 3.00 bits per heavy atom. The van der Waals surface area contributed by atoms with Crippen molar-refractivity contribution in [1.29, 1.82) is 0 Å². The van der Waals surface area contributed by atoms with E-state index < -0.39 is 9.84 Å². The smallest absolute Gasteiger partial charge is 0.225 e. The largest absolute Gasteiger partial charge is 0.384 e. The molecule has 0 radical (unpaired) electrons. The Morgan fingerprint density at radius 2 is 2.33 bits per heavy atom. The number of rotatable bonds is 3. The Kier molecular flexibility index (Phi) is 4.94. The number of aromatic nitrogens is 1. The van der Waals surface area contributed by atoms with Crippen LogP contribution in [0.2, 0.25) is 0 Å². The third-order valence-corrected chi connectivity index (χ3v) is 4.98. The van der Waals surface area contributed by atoms with Gasteiger partial charge in [0.25, 0.3) is 0 Å². The Balaban J connectivity index is 1.94. The van der Waals surface area contributed by atoms with Crippen LogP contribution in [0.3, 0.4) is 0 Å². The lowest BCUT2D eigenvalue weighted by Crippen LogP contribution is -2.18. The summed E-state index contributed by atoms with van der Waals surface area (Å²) >= 11 is 0. The van der Waals surface area contributed by atoms with Crippen LogP contribution in [0.15, 0.2) is 18.3 Å². The average molecular weight is 308 g/mol. The molecule has 1 saturated heterocycles. The van der Waals surface area contributed by atoms with E-state index in [-0.39, 0.29) is 36.4 Å². The Hall–Kier alpha value is -1.91. The maximum atomic E-state index is 11.9. The van der Waals surface area contributed by atoms with Crippen LogP contribution in [0, 0.1) is 17.8 Å². The number of carbonyl (C=O) groups is 1. The molecular formula is C14H16N2O4S. The molecule has 0 saturated carbocycles. The van der Waals surface area contributed by atoms with E-state index >= 15 is 0 Å². The molecule has 6 nitrogen and oxygen atoms in total. The predicted molar refractivity (Wildman–Crippen MR) is 78.2 cm³/mol. The van der Waals surface area contributed by atoms with E-state index in [4.69, 9.17) is 5.11 Å². The predicted octanol–water partition coefficient (Wildman–Crippen LogP) is 0.189. The van der Waals surface area contributed by atoms with Crippen molar-refractivity contribution in [3.05, 3.63) is 23.9 Å². The molecule has 1 aliphatic rings. The van der Waals surface area contributed by atoms with Gasteiger partial charge in [-0.25, -0.2) is 13.4 Å². The second kappa shape index (κ2) is 6.70. The first kappa shape index (κ1) is 15.5. The Labute approximate surface area is 123 Å². The topological polar surface area (TPSA) is 96.4 Å². The summed E-state index contributed by atoms with van der Waals surface area (Å²) in [5.74, 6) is 5.47. The zero-order chi connectivity index (χ0) is 15.3. The van der Waals surface area contributed by atoms with Crippen molar-refractivity contribution in [3.8, 4) is 11.8 Å². The number of pyridine rings is 1. The van der Waals surface area contributed by atoms with Gasteiger partial charge in [-0.2, -0.15) is 0 Å². The van der Waals surface area contributed by atoms with Gasteiger partial charge in [-0.05, 0) is 24.5 Å². The van der Waals surface area contributed by atoms with E-state index in [0.29, 0.717) is 17.8 Å². The Morgan fingerprint density at radius 1 is 1.52 bits per heavy atom. The van der Waals surface area contributed by atoms with Crippen molar-refractivity contribution in [3.63, 3.8) is 0 Å². The van der Waals surface area contributed by atoms with Gasteiger partial charge in [0, 0.05) is 18.2 Å². The molecule has 112 valence electrons. The van der Waals surface area contributed by atoms with Crippen molar-refractivity contribution in [2.24, 2.45) is 5.92 Å². The minimum atomic E-state index is -2.97. The molecule has 7 heteroatoms. The zero-order valence-electron chi connectivity index (χ0n) is 11.4. The van der Waals surface area contributed by atoms with Gasteiger partial charge >= 0.3 is 0 Å². The fourth-order valence-corrected chi connectivity index (χ4v) is 4.07. The summed E-state index contributed by atoms with van der Waals surface area (Å²) < 4.78 is 22.7. The third kappa shape index (κ3) is 4.85. The first-order valence-corrected chi connectivity index (χ1v) is 8.37. The minimum Gasteiger partial charge on any atom is -0.384 e. The molecule has 1 fully saturated rings. The third-order valence-electron chi connectivity index (χ3n) is 3.14. The van der Waals surface area contributed by atoms with Crippen molar-refractivity contribution < 1.29 is 18.3 Å². The maximum absolute atomic E-state index is 11.9. The maximum Gasteiger partial charge on any atom is 0.225 e. The molecule has 2 heterocycles. The van der Waals surface area contributed by atoms with E-state index in [0.717, 1.165) is 0 Å². The van der Waals surface area contributed by atoms with E-state index in [1.54, 1.807) is 12.1 Å². The zero-order valence-corrected chi connectivity index (χ0v) is 12.2. The number of anilines is 1. The number of nitrogens with zero attached hydrogens (tertiary/aromatic N) is 1. The molecule has 0 bridgehead atoms. The van der Waals surface area contributed by atoms with E-state index in [9.17, 15) is 13.2 Å². The van der Waals surface area contributed by atoms with Gasteiger partial charge in [0.15, 0.2) is 9.84 Å². The van der Waals surface area contributed by atoms with Gasteiger partial charge in [0.1, 0.15) is 12.4 Å². The van der Waals surface area contributed by atoms with Crippen molar-refractivity contribution >= 4 is 21.6 Å². The molecule has 1 amide bonds. The highest BCUT2D eigenvalue weighted by molar-refractivity contribution is 7.91. The molecule has 0 aromatic carbocycles. The average Bonchev–Trinajstić information content (AvgIpc) is 2.75. The molecule has 0 spiro atoms. The number of hydrogen-bond acceptors (Lipinski definition) is 5. The van der Waals surface area contributed by atoms with E-state index in [2.05, 4.69) is 22.1 Å². The second-order valence-electron chi connectivity index (χ2n) is 4.91. The first-order chi connectivity index (χ1) is 9.98. The highest BCUT2D eigenvalue weighted by atomic mass is 32.2. The highest BCUT2D eigenvalue weighted by Gasteiger charge is 2.29. The minimum absolute atomic E-state index is 0.0792. The molecular weight excluding hydrogens is 292 g/mol. The highest BCUT2D eigenvalue weighted by Crippen LogP contribution is 2.22. The number of hydrogen-bond donors (Lipinski definition) is 2. The fourth-order valence-electron chi connectivity index (χ4n) is 2.21. The monoisotopic (exact) mass is 308 g/mol. The molecule has 1 aromatic rings. The van der Waals surface area contributed by atoms with Gasteiger partial charge in [0.05, 0.1) is 11.5 Å². The molecule has 21 heavy (non-hydrogen) atoms. The van der Waals surface area contributed by atoms with E-state index in [1.807, 2.05) is 0 Å². The summed E-state index contributed by atoms with van der Waals surface area (Å²) in [5.41, 5.74) is 0.637. The van der Waals surface area contributed by atoms with Crippen molar-refractivity contribution in [2.45, 2.75) is 12.8 Å². The van der Waals surface area contributed by atoms with Gasteiger partial charge in [-0.15, -0.1) is 0 Å². The van der Waals surface area contributed by atoms with E-state index in [1.165, 1.54) is 6.20 Å². The molecule has 1 aromatic heterocycles. The summed E-state index contributed by atoms with van der Waals surface area (Å²) in [4.78, 5) is 15.9. The van der Waals surface area contributed by atoms with Gasteiger partial charge in [-0.3, -0.25) is 4.79 Å². The first-order valence-electron chi connectivity index (χ1n) is 6.54. The SMILES string of the molecule is O=C(CC1CCS(=O)(=O)C1)Nc1cc(C#CCO)ccn1. The number of amides is 1. The standard InChI is InChI=1S/C14H16N2O4S/c17-6-1-2-11-3-5-15-13(8-11)16-14(18)9-12-4-7-21(19,20)10-12/h3,5,8,12,17H,4,6-7,9-10H2,(H,15,16,18). The van der Waals surface area contributed by atoms with Crippen LogP contribution in [0.5, 0.6) is 0 Å². The van der Waals surface area contributed by atoms with Crippen LogP contribution in [0.1, 0.15) is 18.4 Å². The summed E-state index contributed by atoms with van der Waals surface area (Å²) in [6.07, 6.45) is 2.22.